The van der Waals surface area contributed by atoms with Gasteiger partial charge in [-0.15, -0.1) is 0 Å². The Kier molecular flexibility index (Phi) is 9.31. The normalized spacial score (nSPS) is 10.2. The number of carbonyl (C=O) groups is 2. The van der Waals surface area contributed by atoms with Crippen LogP contribution in [0.3, 0.4) is 0 Å². The van der Waals surface area contributed by atoms with E-state index in [0.29, 0.717) is 35.6 Å². The molecule has 0 spiro atoms. The molecule has 2 N–H and O–H groups in total. The van der Waals surface area contributed by atoms with Gasteiger partial charge in [-0.1, -0.05) is 13.3 Å². The fraction of sp³-hybridized carbons (Fsp3) is 0.500. The number of hydrogen-bond donors (Lipinski definition) is 2. The summed E-state index contributed by atoms with van der Waals surface area (Å²) in [7, 11) is 0. The van der Waals surface area contributed by atoms with Crippen LogP contribution in [0.15, 0.2) is 22.7 Å². The van der Waals surface area contributed by atoms with E-state index in [4.69, 9.17) is 9.47 Å². The first kappa shape index (κ1) is 19.4. The number of halogens is 1. The molecule has 0 fully saturated rings. The molecular formula is C16H23BrN2O4. The van der Waals surface area contributed by atoms with Crippen LogP contribution in [0.25, 0.3) is 0 Å². The second-order valence-corrected chi connectivity index (χ2v) is 5.65. The molecular weight excluding hydrogens is 364 g/mol. The molecule has 0 heterocycles. The lowest BCUT2D eigenvalue weighted by Crippen LogP contribution is -2.41. The zero-order valence-electron chi connectivity index (χ0n) is 13.5. The van der Waals surface area contributed by atoms with Crippen molar-refractivity contribution < 1.29 is 19.1 Å². The van der Waals surface area contributed by atoms with Gasteiger partial charge in [-0.05, 0) is 47.5 Å². The monoisotopic (exact) mass is 386 g/mol. The van der Waals surface area contributed by atoms with Gasteiger partial charge >= 0.3 is 0 Å². The van der Waals surface area contributed by atoms with Crippen LogP contribution in [0, 0.1) is 0 Å². The van der Waals surface area contributed by atoms with Crippen LogP contribution in [0.5, 0.6) is 5.75 Å². The van der Waals surface area contributed by atoms with Crippen molar-refractivity contribution in [2.24, 2.45) is 0 Å². The quantitative estimate of drug-likeness (QED) is 0.505. The van der Waals surface area contributed by atoms with Crippen molar-refractivity contribution in [3.8, 4) is 5.75 Å². The number of benzene rings is 1. The summed E-state index contributed by atoms with van der Waals surface area (Å²) in [6.45, 7) is 5.46. The first-order valence-electron chi connectivity index (χ1n) is 7.67. The van der Waals surface area contributed by atoms with Crippen LogP contribution < -0.4 is 15.6 Å². The predicted octanol–water partition coefficient (Wildman–Crippen LogP) is 2.82. The highest BCUT2D eigenvalue weighted by Crippen LogP contribution is 2.26. The van der Waals surface area contributed by atoms with Crippen molar-refractivity contribution in [1.82, 2.24) is 10.9 Å². The molecule has 0 atom stereocenters. The number of ether oxygens (including phenoxy) is 2. The number of carbonyl (C=O) groups excluding carboxylic acids is 2. The first-order chi connectivity index (χ1) is 11.1. The van der Waals surface area contributed by atoms with E-state index in [9.17, 15) is 9.59 Å². The van der Waals surface area contributed by atoms with Crippen LogP contribution in [0.1, 0.15) is 43.5 Å². The van der Waals surface area contributed by atoms with Crippen molar-refractivity contribution in [3.63, 3.8) is 0 Å². The predicted molar refractivity (Wildman–Crippen MR) is 91.3 cm³/mol. The summed E-state index contributed by atoms with van der Waals surface area (Å²) in [5.41, 5.74) is 5.14. The van der Waals surface area contributed by atoms with Crippen molar-refractivity contribution in [1.29, 1.82) is 0 Å². The summed E-state index contributed by atoms with van der Waals surface area (Å²) in [5.74, 6) is -0.00305. The van der Waals surface area contributed by atoms with Crippen molar-refractivity contribution in [3.05, 3.63) is 28.2 Å². The fourth-order valence-electron chi connectivity index (χ4n) is 1.66. The van der Waals surface area contributed by atoms with Gasteiger partial charge in [0.05, 0.1) is 24.1 Å². The number of hydrazine groups is 1. The van der Waals surface area contributed by atoms with Crippen LogP contribution in [0.2, 0.25) is 0 Å². The zero-order chi connectivity index (χ0) is 17.1. The minimum atomic E-state index is -0.393. The molecule has 0 aliphatic rings. The molecule has 2 amide bonds. The molecule has 6 nitrogen and oxygen atoms in total. The van der Waals surface area contributed by atoms with Gasteiger partial charge in [0.25, 0.3) is 5.91 Å². The van der Waals surface area contributed by atoms with Gasteiger partial charge in [0.2, 0.25) is 5.91 Å². The summed E-state index contributed by atoms with van der Waals surface area (Å²) in [5, 5.41) is 0. The highest BCUT2D eigenvalue weighted by molar-refractivity contribution is 9.10. The van der Waals surface area contributed by atoms with Gasteiger partial charge in [0.15, 0.2) is 0 Å². The lowest BCUT2D eigenvalue weighted by atomic mass is 10.2. The Balaban J connectivity index is 2.47. The van der Waals surface area contributed by atoms with Crippen LogP contribution >= 0.6 is 15.9 Å². The molecule has 0 saturated carbocycles. The molecule has 0 radical (unpaired) electrons. The van der Waals surface area contributed by atoms with E-state index in [1.807, 2.05) is 6.92 Å². The highest BCUT2D eigenvalue weighted by Gasteiger charge is 2.10. The summed E-state index contributed by atoms with van der Waals surface area (Å²) >= 11 is 3.38. The zero-order valence-corrected chi connectivity index (χ0v) is 15.1. The molecule has 1 aromatic carbocycles. The number of amides is 2. The molecule has 7 heteroatoms. The van der Waals surface area contributed by atoms with E-state index in [2.05, 4.69) is 33.7 Å². The van der Waals surface area contributed by atoms with Gasteiger partial charge in [0.1, 0.15) is 5.75 Å². The number of unbranched alkanes of at least 4 members (excludes halogenated alkanes) is 1. The molecule has 1 aromatic rings. The van der Waals surface area contributed by atoms with Gasteiger partial charge < -0.3 is 9.47 Å². The fourth-order valence-corrected chi connectivity index (χ4v) is 2.15. The highest BCUT2D eigenvalue weighted by atomic mass is 79.9. The van der Waals surface area contributed by atoms with Gasteiger partial charge in [0, 0.05) is 12.2 Å². The van der Waals surface area contributed by atoms with E-state index in [1.54, 1.807) is 18.2 Å². The molecule has 0 aromatic heterocycles. The van der Waals surface area contributed by atoms with Crippen LogP contribution in [-0.2, 0) is 9.53 Å². The molecule has 128 valence electrons. The van der Waals surface area contributed by atoms with Gasteiger partial charge in [-0.3, -0.25) is 20.4 Å². The molecule has 0 saturated heterocycles. The Hall–Kier alpha value is -1.60. The summed E-state index contributed by atoms with van der Waals surface area (Å²) in [4.78, 5) is 23.5. The Labute approximate surface area is 145 Å². The van der Waals surface area contributed by atoms with Gasteiger partial charge in [-0.2, -0.15) is 0 Å². The topological polar surface area (TPSA) is 76.7 Å². The van der Waals surface area contributed by atoms with Gasteiger partial charge in [-0.25, -0.2) is 0 Å². The third-order valence-corrected chi connectivity index (χ3v) is 3.56. The smallest absolute Gasteiger partial charge is 0.269 e. The van der Waals surface area contributed by atoms with E-state index >= 15 is 0 Å². The molecule has 1 rings (SSSR count). The maximum absolute atomic E-state index is 12.0. The standard InChI is InChI=1S/C16H23BrN2O4/c1-3-5-9-23-14-7-6-12(11-13(14)17)16(21)19-18-15(20)8-10-22-4-2/h6-7,11H,3-5,8-10H2,1-2H3,(H,18,20)(H,19,21). The van der Waals surface area contributed by atoms with Crippen molar-refractivity contribution in [2.45, 2.75) is 33.1 Å². The molecule has 0 aliphatic carbocycles. The molecule has 23 heavy (non-hydrogen) atoms. The van der Waals surface area contributed by atoms with E-state index < -0.39 is 5.91 Å². The largest absolute Gasteiger partial charge is 0.492 e. The Morgan fingerprint density at radius 3 is 2.61 bits per heavy atom. The molecule has 0 unspecified atom stereocenters. The maximum Gasteiger partial charge on any atom is 0.269 e. The second-order valence-electron chi connectivity index (χ2n) is 4.80. The average molecular weight is 387 g/mol. The average Bonchev–Trinajstić information content (AvgIpc) is 2.54. The Morgan fingerprint density at radius 1 is 1.17 bits per heavy atom. The third-order valence-electron chi connectivity index (χ3n) is 2.94. The minimum Gasteiger partial charge on any atom is -0.492 e. The van der Waals surface area contributed by atoms with E-state index in [-0.39, 0.29) is 12.3 Å². The number of rotatable bonds is 9. The summed E-state index contributed by atoms with van der Waals surface area (Å²) in [6, 6.07) is 5.03. The number of nitrogens with one attached hydrogen (secondary N) is 2. The molecule has 0 bridgehead atoms. The first-order valence-corrected chi connectivity index (χ1v) is 8.47. The van der Waals surface area contributed by atoms with Crippen molar-refractivity contribution >= 4 is 27.7 Å². The lowest BCUT2D eigenvalue weighted by molar-refractivity contribution is -0.122. The van der Waals surface area contributed by atoms with Crippen LogP contribution in [0.4, 0.5) is 0 Å². The SMILES string of the molecule is CCCCOc1ccc(C(=O)NNC(=O)CCOCC)cc1Br. The van der Waals surface area contributed by atoms with E-state index in [1.165, 1.54) is 0 Å². The summed E-state index contributed by atoms with van der Waals surface area (Å²) < 4.78 is 11.4. The number of hydrogen-bond acceptors (Lipinski definition) is 4. The summed E-state index contributed by atoms with van der Waals surface area (Å²) in [6.07, 6.45) is 2.23. The maximum atomic E-state index is 12.0. The van der Waals surface area contributed by atoms with E-state index in [0.717, 1.165) is 12.8 Å². The molecule has 0 aliphatic heterocycles. The minimum absolute atomic E-state index is 0.196. The third kappa shape index (κ3) is 7.47. The second kappa shape index (κ2) is 11.0. The Morgan fingerprint density at radius 2 is 1.96 bits per heavy atom. The van der Waals surface area contributed by atoms with Crippen molar-refractivity contribution in [2.75, 3.05) is 19.8 Å². The lowest BCUT2D eigenvalue weighted by Gasteiger charge is -2.10. The van der Waals surface area contributed by atoms with Crippen LogP contribution in [-0.4, -0.2) is 31.6 Å². The Bertz CT molecular complexity index is 523.